The maximum Gasteiger partial charge on any atom is 0.147 e. The summed E-state index contributed by atoms with van der Waals surface area (Å²) in [7, 11) is 0. The first-order valence-corrected chi connectivity index (χ1v) is 9.66. The SMILES string of the molecule is CCC1CC(NC(C)c2cc(F)c(-c3cc(C(C)(C)F)c(F)cn3)cc2F)=CN1. The van der Waals surface area contributed by atoms with E-state index in [9.17, 15) is 17.6 Å². The third-order valence-electron chi connectivity index (χ3n) is 5.18. The molecule has 3 nitrogen and oxygen atoms in total. The molecule has 156 valence electrons. The number of nitrogens with one attached hydrogen (secondary N) is 2. The van der Waals surface area contributed by atoms with Gasteiger partial charge in [0.1, 0.15) is 23.1 Å². The van der Waals surface area contributed by atoms with Crippen molar-refractivity contribution in [2.75, 3.05) is 0 Å². The minimum absolute atomic E-state index is 0.0239. The van der Waals surface area contributed by atoms with Gasteiger partial charge in [-0.1, -0.05) is 6.92 Å². The number of hydrogen-bond donors (Lipinski definition) is 2. The minimum atomic E-state index is -1.98. The van der Waals surface area contributed by atoms with Crippen molar-refractivity contribution in [1.29, 1.82) is 0 Å². The number of hydrogen-bond acceptors (Lipinski definition) is 3. The minimum Gasteiger partial charge on any atom is -0.386 e. The fourth-order valence-corrected chi connectivity index (χ4v) is 3.45. The topological polar surface area (TPSA) is 37.0 Å². The number of benzene rings is 1. The third-order valence-corrected chi connectivity index (χ3v) is 5.18. The zero-order valence-corrected chi connectivity index (χ0v) is 16.9. The Morgan fingerprint density at radius 2 is 1.90 bits per heavy atom. The number of aromatic nitrogens is 1. The van der Waals surface area contributed by atoms with Gasteiger partial charge >= 0.3 is 0 Å². The van der Waals surface area contributed by atoms with Crippen LogP contribution in [0.5, 0.6) is 0 Å². The van der Waals surface area contributed by atoms with Gasteiger partial charge in [0, 0.05) is 41.1 Å². The number of nitrogens with zero attached hydrogens (tertiary/aromatic N) is 1. The summed E-state index contributed by atoms with van der Waals surface area (Å²) in [5.41, 5.74) is -1.30. The van der Waals surface area contributed by atoms with Gasteiger partial charge in [0.25, 0.3) is 0 Å². The van der Waals surface area contributed by atoms with Gasteiger partial charge in [-0.3, -0.25) is 4.98 Å². The van der Waals surface area contributed by atoms with Gasteiger partial charge in [0.05, 0.1) is 17.9 Å². The summed E-state index contributed by atoms with van der Waals surface area (Å²) in [6.07, 6.45) is 4.45. The molecule has 0 saturated carbocycles. The molecule has 2 aromatic rings. The molecule has 0 saturated heterocycles. The fourth-order valence-electron chi connectivity index (χ4n) is 3.45. The van der Waals surface area contributed by atoms with Crippen LogP contribution < -0.4 is 10.6 Å². The first-order chi connectivity index (χ1) is 13.6. The van der Waals surface area contributed by atoms with Crippen LogP contribution >= 0.6 is 0 Å². The van der Waals surface area contributed by atoms with E-state index in [4.69, 9.17) is 0 Å². The van der Waals surface area contributed by atoms with Crippen LogP contribution in [0.2, 0.25) is 0 Å². The van der Waals surface area contributed by atoms with Crippen molar-refractivity contribution >= 4 is 0 Å². The lowest BCUT2D eigenvalue weighted by Gasteiger charge is -2.19. The molecule has 1 aliphatic heterocycles. The van der Waals surface area contributed by atoms with E-state index in [-0.39, 0.29) is 22.4 Å². The second kappa shape index (κ2) is 8.05. The lowest BCUT2D eigenvalue weighted by Crippen LogP contribution is -2.20. The highest BCUT2D eigenvalue weighted by Gasteiger charge is 2.26. The molecule has 2 N–H and O–H groups in total. The lowest BCUT2D eigenvalue weighted by molar-refractivity contribution is 0.213. The van der Waals surface area contributed by atoms with Crippen molar-refractivity contribution in [1.82, 2.24) is 15.6 Å². The van der Waals surface area contributed by atoms with Gasteiger partial charge in [-0.2, -0.15) is 0 Å². The summed E-state index contributed by atoms with van der Waals surface area (Å²) in [5, 5.41) is 6.43. The van der Waals surface area contributed by atoms with Gasteiger partial charge in [0.15, 0.2) is 0 Å². The Kier molecular flexibility index (Phi) is 5.87. The average molecular weight is 407 g/mol. The predicted molar refractivity (Wildman–Crippen MR) is 105 cm³/mol. The molecule has 2 atom stereocenters. The maximum atomic E-state index is 14.8. The Hall–Kier alpha value is -2.57. The van der Waals surface area contributed by atoms with Crippen molar-refractivity contribution < 1.29 is 17.6 Å². The van der Waals surface area contributed by atoms with Crippen LogP contribution in [-0.4, -0.2) is 11.0 Å². The predicted octanol–water partition coefficient (Wildman–Crippen LogP) is 5.63. The molecule has 2 unspecified atom stereocenters. The van der Waals surface area contributed by atoms with Crippen molar-refractivity contribution in [3.63, 3.8) is 0 Å². The van der Waals surface area contributed by atoms with E-state index in [1.165, 1.54) is 13.8 Å². The smallest absolute Gasteiger partial charge is 0.147 e. The Labute approximate surface area is 168 Å². The van der Waals surface area contributed by atoms with Crippen molar-refractivity contribution in [2.45, 2.75) is 58.3 Å². The van der Waals surface area contributed by atoms with Gasteiger partial charge in [-0.15, -0.1) is 0 Å². The first-order valence-electron chi connectivity index (χ1n) is 9.66. The molecule has 0 amide bonds. The van der Waals surface area contributed by atoms with Gasteiger partial charge in [0.2, 0.25) is 0 Å². The maximum absolute atomic E-state index is 14.8. The Morgan fingerprint density at radius 1 is 1.17 bits per heavy atom. The van der Waals surface area contributed by atoms with Crippen LogP contribution in [0.1, 0.15) is 57.7 Å². The summed E-state index contributed by atoms with van der Waals surface area (Å²) < 4.78 is 57.7. The number of halogens is 4. The molecule has 2 heterocycles. The van der Waals surface area contributed by atoms with Crippen LogP contribution in [0.3, 0.4) is 0 Å². The normalized spacial score (nSPS) is 17.7. The highest BCUT2D eigenvalue weighted by atomic mass is 19.2. The van der Waals surface area contributed by atoms with Gasteiger partial charge in [-0.05, 0) is 45.4 Å². The lowest BCUT2D eigenvalue weighted by atomic mass is 9.97. The molecule has 7 heteroatoms. The molecule has 0 radical (unpaired) electrons. The van der Waals surface area contributed by atoms with Crippen molar-refractivity contribution in [3.05, 3.63) is 64.9 Å². The largest absolute Gasteiger partial charge is 0.386 e. The highest BCUT2D eigenvalue weighted by Crippen LogP contribution is 2.32. The third kappa shape index (κ3) is 4.54. The second-order valence-corrected chi connectivity index (χ2v) is 7.89. The van der Waals surface area contributed by atoms with E-state index >= 15 is 0 Å². The summed E-state index contributed by atoms with van der Waals surface area (Å²) in [6, 6.07) is 3.13. The standard InChI is InChI=1S/C22H25F4N3/c1-5-13-6-14(10-27-13)29-12(2)15-7-19(24)16(8-18(15)23)21-9-17(22(3,4)26)20(25)11-28-21/h7-13,27,29H,5-6H2,1-4H3. The van der Waals surface area contributed by atoms with E-state index in [0.29, 0.717) is 6.04 Å². The average Bonchev–Trinajstić information content (AvgIpc) is 3.10. The van der Waals surface area contributed by atoms with E-state index in [0.717, 1.165) is 42.9 Å². The van der Waals surface area contributed by atoms with Crippen LogP contribution in [0.4, 0.5) is 17.6 Å². The highest BCUT2D eigenvalue weighted by molar-refractivity contribution is 5.62. The van der Waals surface area contributed by atoms with Crippen LogP contribution in [0, 0.1) is 17.5 Å². The zero-order chi connectivity index (χ0) is 21.3. The fraction of sp³-hybridized carbons (Fsp3) is 0.409. The molecule has 3 rings (SSSR count). The molecule has 0 bridgehead atoms. The number of pyridine rings is 1. The molecule has 1 aliphatic rings. The molecule has 0 aliphatic carbocycles. The summed E-state index contributed by atoms with van der Waals surface area (Å²) >= 11 is 0. The van der Waals surface area contributed by atoms with Crippen molar-refractivity contribution in [2.24, 2.45) is 0 Å². The molecule has 0 fully saturated rings. The van der Waals surface area contributed by atoms with E-state index in [1.54, 1.807) is 6.92 Å². The molecule has 29 heavy (non-hydrogen) atoms. The van der Waals surface area contributed by atoms with E-state index in [2.05, 4.69) is 22.5 Å². The Morgan fingerprint density at radius 3 is 2.52 bits per heavy atom. The number of alkyl halides is 1. The Bertz CT molecular complexity index is 934. The molecular weight excluding hydrogens is 382 g/mol. The molecular formula is C22H25F4N3. The van der Waals surface area contributed by atoms with Gasteiger partial charge < -0.3 is 10.6 Å². The zero-order valence-electron chi connectivity index (χ0n) is 16.9. The van der Waals surface area contributed by atoms with Crippen LogP contribution in [0.25, 0.3) is 11.3 Å². The van der Waals surface area contributed by atoms with E-state index in [1.807, 2.05) is 6.20 Å². The Balaban J connectivity index is 1.88. The molecule has 0 spiro atoms. The first kappa shape index (κ1) is 21.1. The summed E-state index contributed by atoms with van der Waals surface area (Å²) in [4.78, 5) is 3.82. The van der Waals surface area contributed by atoms with Crippen LogP contribution in [-0.2, 0) is 5.67 Å². The number of rotatable bonds is 6. The molecule has 1 aromatic carbocycles. The van der Waals surface area contributed by atoms with E-state index < -0.39 is 29.2 Å². The quantitative estimate of drug-likeness (QED) is 0.609. The second-order valence-electron chi connectivity index (χ2n) is 7.89. The summed E-state index contributed by atoms with van der Waals surface area (Å²) in [6.45, 7) is 6.21. The monoisotopic (exact) mass is 407 g/mol. The van der Waals surface area contributed by atoms with Gasteiger partial charge in [-0.25, -0.2) is 17.6 Å². The molecule has 1 aromatic heterocycles. The van der Waals surface area contributed by atoms with Crippen molar-refractivity contribution in [3.8, 4) is 11.3 Å². The summed E-state index contributed by atoms with van der Waals surface area (Å²) in [5.74, 6) is -2.16. The van der Waals surface area contributed by atoms with Crippen LogP contribution in [0.15, 0.2) is 36.3 Å².